The predicted octanol–water partition coefficient (Wildman–Crippen LogP) is 4.11. The lowest BCUT2D eigenvalue weighted by Crippen LogP contribution is -2.07. The van der Waals surface area contributed by atoms with Crippen molar-refractivity contribution in [3.8, 4) is 0 Å². The van der Waals surface area contributed by atoms with Crippen LogP contribution in [0.2, 0.25) is 0 Å². The van der Waals surface area contributed by atoms with Crippen molar-refractivity contribution in [2.75, 3.05) is 16.0 Å². The van der Waals surface area contributed by atoms with Gasteiger partial charge in [-0.1, -0.05) is 12.6 Å². The smallest absolute Gasteiger partial charge is 0.247 e. The molecule has 0 aliphatic rings. The molecule has 4 rings (SSSR count). The summed E-state index contributed by atoms with van der Waals surface area (Å²) in [5.41, 5.74) is 2.43. The standard InChI is InChI=1S/C21H18FN7O/c1-3-19(30)24-14-5-4-6-15(10-14)25-20-17-8-7-13(22)9-18(17)27-21(28-20)26-16-11-23-29(2)12-16/h3-12H,1H2,2H3,(H,24,30)(H2,25,26,27,28). The predicted molar refractivity (Wildman–Crippen MR) is 115 cm³/mol. The van der Waals surface area contributed by atoms with Gasteiger partial charge in [0.05, 0.1) is 17.4 Å². The molecule has 0 aliphatic heterocycles. The van der Waals surface area contributed by atoms with Crippen LogP contribution in [0.4, 0.5) is 33.2 Å². The van der Waals surface area contributed by atoms with Crippen LogP contribution in [0.25, 0.3) is 10.9 Å². The van der Waals surface area contributed by atoms with Crippen LogP contribution in [-0.2, 0) is 11.8 Å². The highest BCUT2D eigenvalue weighted by Crippen LogP contribution is 2.28. The number of hydrogen-bond acceptors (Lipinski definition) is 6. The monoisotopic (exact) mass is 403 g/mol. The summed E-state index contributed by atoms with van der Waals surface area (Å²) >= 11 is 0. The SMILES string of the molecule is C=CC(=O)Nc1cccc(Nc2nc(Nc3cnn(C)c3)nc3cc(F)ccc23)c1. The minimum absolute atomic E-state index is 0.291. The van der Waals surface area contributed by atoms with Crippen LogP contribution in [0.3, 0.4) is 0 Å². The Balaban J connectivity index is 1.71. The van der Waals surface area contributed by atoms with Crippen LogP contribution in [0, 0.1) is 5.82 Å². The fourth-order valence-corrected chi connectivity index (χ4v) is 2.87. The van der Waals surface area contributed by atoms with E-state index >= 15 is 0 Å². The quantitative estimate of drug-likeness (QED) is 0.419. The van der Waals surface area contributed by atoms with E-state index in [1.807, 2.05) is 6.07 Å². The molecule has 0 fully saturated rings. The van der Waals surface area contributed by atoms with Crippen molar-refractivity contribution in [1.29, 1.82) is 0 Å². The molecular formula is C21H18FN7O. The van der Waals surface area contributed by atoms with Gasteiger partial charge >= 0.3 is 0 Å². The molecule has 4 aromatic rings. The van der Waals surface area contributed by atoms with Crippen molar-refractivity contribution < 1.29 is 9.18 Å². The van der Waals surface area contributed by atoms with Crippen LogP contribution in [0.5, 0.6) is 0 Å². The third-order valence-electron chi connectivity index (χ3n) is 4.20. The number of carbonyl (C=O) groups excluding carboxylic acids is 1. The second kappa shape index (κ2) is 8.00. The number of anilines is 5. The molecule has 30 heavy (non-hydrogen) atoms. The first-order valence-corrected chi connectivity index (χ1v) is 9.03. The van der Waals surface area contributed by atoms with E-state index in [2.05, 4.69) is 37.6 Å². The molecule has 9 heteroatoms. The number of halogens is 1. The minimum Gasteiger partial charge on any atom is -0.339 e. The second-order valence-electron chi connectivity index (χ2n) is 6.48. The van der Waals surface area contributed by atoms with E-state index in [-0.39, 0.29) is 5.91 Å². The summed E-state index contributed by atoms with van der Waals surface area (Å²) in [6.45, 7) is 3.45. The first-order chi connectivity index (χ1) is 14.5. The number of hydrogen-bond donors (Lipinski definition) is 3. The first-order valence-electron chi connectivity index (χ1n) is 9.03. The van der Waals surface area contributed by atoms with Gasteiger partial charge in [-0.15, -0.1) is 0 Å². The fraction of sp³-hybridized carbons (Fsp3) is 0.0476. The zero-order valence-electron chi connectivity index (χ0n) is 16.1. The molecule has 2 aromatic carbocycles. The number of carbonyl (C=O) groups is 1. The highest BCUT2D eigenvalue weighted by atomic mass is 19.1. The van der Waals surface area contributed by atoms with E-state index in [4.69, 9.17) is 0 Å². The zero-order valence-corrected chi connectivity index (χ0v) is 16.1. The summed E-state index contributed by atoms with van der Waals surface area (Å²) in [6, 6.07) is 11.4. The summed E-state index contributed by atoms with van der Waals surface area (Å²) in [5.74, 6) is 0.0741. The number of benzene rings is 2. The van der Waals surface area contributed by atoms with Crippen molar-refractivity contribution in [3.63, 3.8) is 0 Å². The van der Waals surface area contributed by atoms with Crippen molar-refractivity contribution in [2.24, 2.45) is 7.05 Å². The maximum Gasteiger partial charge on any atom is 0.247 e. The van der Waals surface area contributed by atoms with Crippen LogP contribution in [-0.4, -0.2) is 25.7 Å². The third-order valence-corrected chi connectivity index (χ3v) is 4.20. The lowest BCUT2D eigenvalue weighted by molar-refractivity contribution is -0.111. The summed E-state index contributed by atoms with van der Waals surface area (Å²) in [6.07, 6.45) is 4.61. The molecule has 150 valence electrons. The Morgan fingerprint density at radius 2 is 1.93 bits per heavy atom. The van der Waals surface area contributed by atoms with E-state index in [1.54, 1.807) is 48.4 Å². The molecule has 0 spiro atoms. The van der Waals surface area contributed by atoms with Crippen molar-refractivity contribution >= 4 is 45.6 Å². The molecule has 0 saturated heterocycles. The lowest BCUT2D eigenvalue weighted by Gasteiger charge is -2.12. The molecular weight excluding hydrogens is 385 g/mol. The summed E-state index contributed by atoms with van der Waals surface area (Å²) < 4.78 is 15.4. The van der Waals surface area contributed by atoms with Crippen LogP contribution < -0.4 is 16.0 Å². The van der Waals surface area contributed by atoms with Crippen molar-refractivity contribution in [3.05, 3.63) is 73.3 Å². The summed E-state index contributed by atoms with van der Waals surface area (Å²) in [5, 5.41) is 13.7. The van der Waals surface area contributed by atoms with Crippen molar-refractivity contribution in [2.45, 2.75) is 0 Å². The first kappa shape index (κ1) is 19.1. The summed E-state index contributed by atoms with van der Waals surface area (Å²) in [7, 11) is 1.80. The minimum atomic E-state index is -0.395. The van der Waals surface area contributed by atoms with Gasteiger partial charge in [-0.3, -0.25) is 9.48 Å². The molecule has 0 bridgehead atoms. The van der Waals surface area contributed by atoms with E-state index in [0.717, 1.165) is 0 Å². The van der Waals surface area contributed by atoms with Gasteiger partial charge in [0.15, 0.2) is 0 Å². The van der Waals surface area contributed by atoms with Crippen LogP contribution in [0.15, 0.2) is 67.5 Å². The van der Waals surface area contributed by atoms with Crippen LogP contribution >= 0.6 is 0 Å². The number of amides is 1. The Hall–Kier alpha value is -4.27. The lowest BCUT2D eigenvalue weighted by atomic mass is 10.2. The largest absolute Gasteiger partial charge is 0.339 e. The molecule has 3 N–H and O–H groups in total. The van der Waals surface area contributed by atoms with Gasteiger partial charge in [0.25, 0.3) is 0 Å². The van der Waals surface area contributed by atoms with E-state index in [0.29, 0.717) is 39.7 Å². The molecule has 1 amide bonds. The Labute approximate surface area is 171 Å². The molecule has 2 aromatic heterocycles. The van der Waals surface area contributed by atoms with Gasteiger partial charge in [-0.25, -0.2) is 9.37 Å². The maximum absolute atomic E-state index is 13.8. The maximum atomic E-state index is 13.8. The molecule has 0 aliphatic carbocycles. The fourth-order valence-electron chi connectivity index (χ4n) is 2.87. The van der Waals surface area contributed by atoms with E-state index in [1.165, 1.54) is 18.2 Å². The second-order valence-corrected chi connectivity index (χ2v) is 6.48. The number of fused-ring (bicyclic) bond motifs is 1. The molecule has 8 nitrogen and oxygen atoms in total. The Morgan fingerprint density at radius 3 is 2.70 bits per heavy atom. The normalized spacial score (nSPS) is 10.6. The Bertz CT molecular complexity index is 1250. The average Bonchev–Trinajstić information content (AvgIpc) is 3.12. The highest BCUT2D eigenvalue weighted by molar-refractivity contribution is 5.99. The van der Waals surface area contributed by atoms with E-state index in [9.17, 15) is 9.18 Å². The topological polar surface area (TPSA) is 96.8 Å². The molecule has 0 saturated carbocycles. The van der Waals surface area contributed by atoms with Gasteiger partial charge in [0.2, 0.25) is 11.9 Å². The zero-order chi connectivity index (χ0) is 21.1. The molecule has 0 unspecified atom stereocenters. The number of rotatable bonds is 6. The van der Waals surface area contributed by atoms with Gasteiger partial charge < -0.3 is 16.0 Å². The van der Waals surface area contributed by atoms with Gasteiger partial charge in [0.1, 0.15) is 11.6 Å². The molecule has 0 radical (unpaired) electrons. The highest BCUT2D eigenvalue weighted by Gasteiger charge is 2.11. The Morgan fingerprint density at radius 1 is 1.10 bits per heavy atom. The average molecular weight is 403 g/mol. The number of nitrogens with zero attached hydrogens (tertiary/aromatic N) is 4. The number of nitrogens with one attached hydrogen (secondary N) is 3. The third kappa shape index (κ3) is 4.25. The van der Waals surface area contributed by atoms with Gasteiger partial charge in [0, 0.05) is 36.1 Å². The molecule has 0 atom stereocenters. The summed E-state index contributed by atoms with van der Waals surface area (Å²) in [4.78, 5) is 20.5. The van der Waals surface area contributed by atoms with Crippen molar-refractivity contribution in [1.82, 2.24) is 19.7 Å². The van der Waals surface area contributed by atoms with E-state index < -0.39 is 5.82 Å². The van der Waals surface area contributed by atoms with Gasteiger partial charge in [-0.05, 0) is 36.4 Å². The number of aryl methyl sites for hydroxylation is 1. The Kier molecular flexibility index (Phi) is 5.08. The van der Waals surface area contributed by atoms with Crippen LogP contribution in [0.1, 0.15) is 0 Å². The van der Waals surface area contributed by atoms with Gasteiger partial charge in [-0.2, -0.15) is 10.1 Å². The molecule has 2 heterocycles. The number of aromatic nitrogens is 4.